The van der Waals surface area contributed by atoms with Gasteiger partial charge in [0.2, 0.25) is 0 Å². The SMILES string of the molecule is COCCOc1ccc(-n2nnc3cnc(CCCCc4ccc(OC)cc4)nc32)cc1. The summed E-state index contributed by atoms with van der Waals surface area (Å²) >= 11 is 0. The highest BCUT2D eigenvalue weighted by molar-refractivity contribution is 5.70. The van der Waals surface area contributed by atoms with Gasteiger partial charge in [-0.1, -0.05) is 17.3 Å². The Bertz CT molecular complexity index is 1130. The standard InChI is InChI=1S/C24H27N5O3/c1-30-15-16-32-21-13-9-19(10-14-21)29-24-22(27-28-29)17-25-23(26-24)6-4-3-5-18-7-11-20(31-2)12-8-18/h7-14,17H,3-6,15-16H2,1-2H3. The Morgan fingerprint density at radius 3 is 2.34 bits per heavy atom. The van der Waals surface area contributed by atoms with Gasteiger partial charge in [0.15, 0.2) is 11.2 Å². The minimum absolute atomic E-state index is 0.511. The van der Waals surface area contributed by atoms with E-state index in [1.54, 1.807) is 25.1 Å². The number of methoxy groups -OCH3 is 2. The van der Waals surface area contributed by atoms with Crippen LogP contribution in [0.5, 0.6) is 11.5 Å². The fourth-order valence-electron chi connectivity index (χ4n) is 3.39. The van der Waals surface area contributed by atoms with Crippen LogP contribution in [0.4, 0.5) is 0 Å². The minimum Gasteiger partial charge on any atom is -0.497 e. The van der Waals surface area contributed by atoms with Crippen molar-refractivity contribution >= 4 is 11.2 Å². The van der Waals surface area contributed by atoms with Crippen LogP contribution in [0.25, 0.3) is 16.9 Å². The monoisotopic (exact) mass is 433 g/mol. The summed E-state index contributed by atoms with van der Waals surface area (Å²) in [5, 5.41) is 8.45. The summed E-state index contributed by atoms with van der Waals surface area (Å²) in [7, 11) is 3.33. The first kappa shape index (κ1) is 21.7. The molecule has 0 spiro atoms. The quantitative estimate of drug-likeness (QED) is 0.333. The average Bonchev–Trinajstić information content (AvgIpc) is 3.26. The number of fused-ring (bicyclic) bond motifs is 1. The van der Waals surface area contributed by atoms with Crippen LogP contribution in [0.1, 0.15) is 24.2 Å². The topological polar surface area (TPSA) is 84.2 Å². The summed E-state index contributed by atoms with van der Waals surface area (Å²) in [5.41, 5.74) is 3.56. The lowest BCUT2D eigenvalue weighted by molar-refractivity contribution is 0.146. The highest BCUT2D eigenvalue weighted by atomic mass is 16.5. The molecule has 2 heterocycles. The first-order valence-corrected chi connectivity index (χ1v) is 10.7. The van der Waals surface area contributed by atoms with Crippen molar-refractivity contribution < 1.29 is 14.2 Å². The molecule has 0 saturated heterocycles. The van der Waals surface area contributed by atoms with E-state index in [0.717, 1.165) is 48.7 Å². The number of hydrogen-bond acceptors (Lipinski definition) is 7. The number of ether oxygens (including phenoxy) is 3. The molecule has 2 aromatic heterocycles. The summed E-state index contributed by atoms with van der Waals surface area (Å²) in [6.45, 7) is 1.06. The molecule has 0 bridgehead atoms. The van der Waals surface area contributed by atoms with Crippen LogP contribution in [0.15, 0.2) is 54.7 Å². The van der Waals surface area contributed by atoms with E-state index in [4.69, 9.17) is 19.2 Å². The van der Waals surface area contributed by atoms with Crippen molar-refractivity contribution in [2.75, 3.05) is 27.4 Å². The van der Waals surface area contributed by atoms with Crippen molar-refractivity contribution in [3.05, 3.63) is 66.1 Å². The zero-order valence-electron chi connectivity index (χ0n) is 18.4. The predicted octanol–water partition coefficient (Wildman–Crippen LogP) is 3.81. The molecule has 2 aromatic carbocycles. The molecule has 4 aromatic rings. The maximum atomic E-state index is 5.62. The zero-order chi connectivity index (χ0) is 22.2. The van der Waals surface area contributed by atoms with Crippen LogP contribution in [0, 0.1) is 0 Å². The first-order valence-electron chi connectivity index (χ1n) is 10.7. The molecule has 8 nitrogen and oxygen atoms in total. The molecule has 8 heteroatoms. The van der Waals surface area contributed by atoms with Crippen LogP contribution >= 0.6 is 0 Å². The summed E-state index contributed by atoms with van der Waals surface area (Å²) < 4.78 is 17.6. The second-order valence-electron chi connectivity index (χ2n) is 7.39. The molecule has 0 radical (unpaired) electrons. The third kappa shape index (κ3) is 5.39. The van der Waals surface area contributed by atoms with Crippen molar-refractivity contribution in [1.29, 1.82) is 0 Å². The number of aryl methyl sites for hydroxylation is 2. The minimum atomic E-state index is 0.511. The predicted molar refractivity (Wildman–Crippen MR) is 121 cm³/mol. The molecular weight excluding hydrogens is 406 g/mol. The average molecular weight is 434 g/mol. The second-order valence-corrected chi connectivity index (χ2v) is 7.39. The Kier molecular flexibility index (Phi) is 7.24. The van der Waals surface area contributed by atoms with Crippen molar-refractivity contribution in [2.45, 2.75) is 25.7 Å². The van der Waals surface area contributed by atoms with Gasteiger partial charge in [0.05, 0.1) is 25.6 Å². The van der Waals surface area contributed by atoms with Gasteiger partial charge in [-0.15, -0.1) is 5.10 Å². The molecule has 0 amide bonds. The van der Waals surface area contributed by atoms with Crippen molar-refractivity contribution in [3.8, 4) is 17.2 Å². The number of nitrogens with zero attached hydrogens (tertiary/aromatic N) is 5. The Hall–Kier alpha value is -3.52. The van der Waals surface area contributed by atoms with Gasteiger partial charge in [0.1, 0.15) is 23.9 Å². The normalized spacial score (nSPS) is 11.1. The molecule has 166 valence electrons. The van der Waals surface area contributed by atoms with E-state index in [9.17, 15) is 0 Å². The Balaban J connectivity index is 1.37. The molecular formula is C24H27N5O3. The smallest absolute Gasteiger partial charge is 0.187 e. The van der Waals surface area contributed by atoms with Gasteiger partial charge in [-0.25, -0.2) is 9.97 Å². The fourth-order valence-corrected chi connectivity index (χ4v) is 3.39. The third-order valence-corrected chi connectivity index (χ3v) is 5.15. The molecule has 0 saturated carbocycles. The van der Waals surface area contributed by atoms with E-state index in [2.05, 4.69) is 27.4 Å². The van der Waals surface area contributed by atoms with Gasteiger partial charge in [0, 0.05) is 13.5 Å². The third-order valence-electron chi connectivity index (χ3n) is 5.15. The van der Waals surface area contributed by atoms with E-state index in [1.165, 1.54) is 5.56 Å². The van der Waals surface area contributed by atoms with E-state index < -0.39 is 0 Å². The second kappa shape index (κ2) is 10.7. The molecule has 0 unspecified atom stereocenters. The maximum Gasteiger partial charge on any atom is 0.187 e. The van der Waals surface area contributed by atoms with Gasteiger partial charge in [-0.2, -0.15) is 4.68 Å². The van der Waals surface area contributed by atoms with Gasteiger partial charge >= 0.3 is 0 Å². The molecule has 0 atom stereocenters. The van der Waals surface area contributed by atoms with E-state index >= 15 is 0 Å². The van der Waals surface area contributed by atoms with Crippen LogP contribution in [-0.2, 0) is 17.6 Å². The largest absolute Gasteiger partial charge is 0.497 e. The molecule has 0 fully saturated rings. The highest BCUT2D eigenvalue weighted by Gasteiger charge is 2.10. The fraction of sp³-hybridized carbons (Fsp3) is 0.333. The molecule has 0 N–H and O–H groups in total. The number of hydrogen-bond donors (Lipinski definition) is 0. The summed E-state index contributed by atoms with van der Waals surface area (Å²) in [5.74, 6) is 2.46. The number of benzene rings is 2. The lowest BCUT2D eigenvalue weighted by atomic mass is 10.1. The van der Waals surface area contributed by atoms with Crippen molar-refractivity contribution in [2.24, 2.45) is 0 Å². The Morgan fingerprint density at radius 2 is 1.59 bits per heavy atom. The van der Waals surface area contributed by atoms with E-state index in [-0.39, 0.29) is 0 Å². The molecule has 0 aliphatic carbocycles. The van der Waals surface area contributed by atoms with E-state index in [0.29, 0.717) is 24.4 Å². The number of rotatable bonds is 11. The van der Waals surface area contributed by atoms with Crippen LogP contribution in [0.2, 0.25) is 0 Å². The van der Waals surface area contributed by atoms with Crippen molar-refractivity contribution in [1.82, 2.24) is 25.0 Å². The van der Waals surface area contributed by atoms with Gasteiger partial charge in [0.25, 0.3) is 0 Å². The Labute approximate surface area is 187 Å². The Morgan fingerprint density at radius 1 is 0.844 bits per heavy atom. The van der Waals surface area contributed by atoms with Crippen LogP contribution in [0.3, 0.4) is 0 Å². The molecule has 4 rings (SSSR count). The summed E-state index contributed by atoms with van der Waals surface area (Å²) in [6.07, 6.45) is 5.64. The first-order chi connectivity index (χ1) is 15.8. The van der Waals surface area contributed by atoms with Crippen molar-refractivity contribution in [3.63, 3.8) is 0 Å². The molecule has 32 heavy (non-hydrogen) atoms. The molecule has 0 aliphatic heterocycles. The number of unbranched alkanes of at least 4 members (excludes halogenated alkanes) is 1. The highest BCUT2D eigenvalue weighted by Crippen LogP contribution is 2.19. The van der Waals surface area contributed by atoms with Gasteiger partial charge in [-0.05, 0) is 61.2 Å². The lowest BCUT2D eigenvalue weighted by Gasteiger charge is -2.07. The van der Waals surface area contributed by atoms with E-state index in [1.807, 2.05) is 36.4 Å². The van der Waals surface area contributed by atoms with Gasteiger partial charge in [-0.3, -0.25) is 0 Å². The van der Waals surface area contributed by atoms with Crippen LogP contribution < -0.4 is 9.47 Å². The van der Waals surface area contributed by atoms with Gasteiger partial charge < -0.3 is 14.2 Å². The maximum absolute atomic E-state index is 5.62. The lowest BCUT2D eigenvalue weighted by Crippen LogP contribution is -2.04. The molecule has 0 aliphatic rings. The zero-order valence-corrected chi connectivity index (χ0v) is 18.4. The number of aromatic nitrogens is 5. The summed E-state index contributed by atoms with van der Waals surface area (Å²) in [4.78, 5) is 9.19. The van der Waals surface area contributed by atoms with Crippen LogP contribution in [-0.4, -0.2) is 52.4 Å². The summed E-state index contributed by atoms with van der Waals surface area (Å²) in [6, 6.07) is 15.9.